The summed E-state index contributed by atoms with van der Waals surface area (Å²) in [5.74, 6) is -0.474. The third-order valence-corrected chi connectivity index (χ3v) is 1.47. The van der Waals surface area contributed by atoms with Crippen molar-refractivity contribution in [1.29, 1.82) is 0 Å². The van der Waals surface area contributed by atoms with Crippen LogP contribution in [0, 0.1) is 0 Å². The summed E-state index contributed by atoms with van der Waals surface area (Å²) in [6, 6.07) is 3.27. The van der Waals surface area contributed by atoms with E-state index in [1.54, 1.807) is 18.3 Å². The molecule has 0 aliphatic heterocycles. The number of nitrogens with zero attached hydrogens (tertiary/aromatic N) is 1. The second kappa shape index (κ2) is 2.61. The van der Waals surface area contributed by atoms with Gasteiger partial charge in [-0.25, -0.2) is 0 Å². The van der Waals surface area contributed by atoms with Crippen molar-refractivity contribution in [2.75, 3.05) is 0 Å². The molecule has 1 heterocycles. The molecule has 1 rings (SSSR count). The van der Waals surface area contributed by atoms with E-state index in [0.717, 1.165) is 0 Å². The van der Waals surface area contributed by atoms with E-state index in [0.29, 0.717) is 10.9 Å². The summed E-state index contributed by atoms with van der Waals surface area (Å²) < 4.78 is 0. The summed E-state index contributed by atoms with van der Waals surface area (Å²) in [6.45, 7) is 0. The quantitative estimate of drug-likeness (QED) is 0.519. The maximum Gasteiger partial charge on any atom is 0.250 e. The summed E-state index contributed by atoms with van der Waals surface area (Å²) in [6.07, 6.45) is 1.58. The fourth-order valence-corrected chi connectivity index (χ4v) is 0.885. The summed E-state index contributed by atoms with van der Waals surface area (Å²) >= 11 is 0. The minimum Gasteiger partial charge on any atom is -0.366 e. The van der Waals surface area contributed by atoms with Crippen LogP contribution in [0.3, 0.4) is 0 Å². The molecular weight excluding hydrogens is 144 g/mol. The van der Waals surface area contributed by atoms with Gasteiger partial charge >= 0.3 is 0 Å². The summed E-state index contributed by atoms with van der Waals surface area (Å²) in [5, 5.41) is 0.481. The lowest BCUT2D eigenvalue weighted by atomic mass is 10.3. The normalized spacial score (nSPS) is 9.30. The van der Waals surface area contributed by atoms with E-state index < -0.39 is 5.91 Å². The van der Waals surface area contributed by atoms with Crippen molar-refractivity contribution in [3.63, 3.8) is 0 Å². The van der Waals surface area contributed by atoms with Crippen LogP contribution in [0.4, 0.5) is 0 Å². The van der Waals surface area contributed by atoms with Crippen LogP contribution in [0.15, 0.2) is 18.3 Å². The predicted molar refractivity (Wildman–Crippen MR) is 38.1 cm³/mol. The molecule has 0 fully saturated rings. The highest BCUT2D eigenvalue weighted by molar-refractivity contribution is 6.34. The Bertz CT molecular complexity index is 262. The van der Waals surface area contributed by atoms with Gasteiger partial charge in [-0.3, -0.25) is 9.78 Å². The number of pyridine rings is 1. The number of amides is 1. The number of carbonyl (C=O) groups excluding carboxylic acids is 1. The van der Waals surface area contributed by atoms with Crippen molar-refractivity contribution in [2.24, 2.45) is 5.73 Å². The van der Waals surface area contributed by atoms with Gasteiger partial charge in [0, 0.05) is 11.5 Å². The van der Waals surface area contributed by atoms with Crippen molar-refractivity contribution in [3.8, 4) is 0 Å². The van der Waals surface area contributed by atoms with Crippen LogP contribution in [0.25, 0.3) is 0 Å². The second-order valence-electron chi connectivity index (χ2n) is 1.76. The first kappa shape index (κ1) is 6.95. The Morgan fingerprint density at radius 1 is 1.70 bits per heavy atom. The van der Waals surface area contributed by atoms with E-state index in [9.17, 15) is 4.79 Å². The standard InChI is InChI=1S/C6H5N2OSi/c7-5(9)4-2-1-3-8-6(4)10/h1-3H,(H2,7,9). The topological polar surface area (TPSA) is 56.0 Å². The Labute approximate surface area is 61.7 Å². The van der Waals surface area contributed by atoms with Gasteiger partial charge in [-0.15, -0.1) is 0 Å². The average molecular weight is 149 g/mol. The molecule has 0 atom stereocenters. The van der Waals surface area contributed by atoms with E-state index in [1.165, 1.54) is 0 Å². The van der Waals surface area contributed by atoms with Crippen molar-refractivity contribution in [1.82, 2.24) is 4.98 Å². The molecule has 0 unspecified atom stereocenters. The van der Waals surface area contributed by atoms with E-state index in [4.69, 9.17) is 5.73 Å². The highest BCUT2D eigenvalue weighted by Gasteiger charge is 2.01. The molecule has 1 aromatic rings. The number of nitrogens with two attached hydrogens (primary N) is 1. The lowest BCUT2D eigenvalue weighted by Gasteiger charge is -1.96. The first-order chi connectivity index (χ1) is 4.72. The molecule has 0 saturated heterocycles. The van der Waals surface area contributed by atoms with Gasteiger partial charge in [0.15, 0.2) is 0 Å². The molecule has 3 nitrogen and oxygen atoms in total. The molecule has 49 valence electrons. The molecule has 0 spiro atoms. The largest absolute Gasteiger partial charge is 0.366 e. The molecule has 1 amide bonds. The predicted octanol–water partition coefficient (Wildman–Crippen LogP) is -1.03. The minimum absolute atomic E-state index is 0.402. The number of hydrogen-bond acceptors (Lipinski definition) is 2. The zero-order valence-corrected chi connectivity index (χ0v) is 6.16. The summed E-state index contributed by atoms with van der Waals surface area (Å²) in [5.41, 5.74) is 5.41. The average Bonchev–Trinajstić information content (AvgIpc) is 1.88. The second-order valence-corrected chi connectivity index (χ2v) is 2.24. The van der Waals surface area contributed by atoms with Gasteiger partial charge in [0.25, 0.3) is 0 Å². The first-order valence-corrected chi connectivity index (χ1v) is 3.18. The van der Waals surface area contributed by atoms with Crippen LogP contribution < -0.4 is 11.1 Å². The molecule has 0 aliphatic carbocycles. The molecule has 0 saturated carbocycles. The molecule has 1 aromatic heterocycles. The van der Waals surface area contributed by atoms with Crippen LogP contribution in [0.2, 0.25) is 0 Å². The van der Waals surface area contributed by atoms with Gasteiger partial charge in [0.2, 0.25) is 5.91 Å². The van der Waals surface area contributed by atoms with Gasteiger partial charge in [-0.2, -0.15) is 0 Å². The molecule has 2 N–H and O–H groups in total. The molecule has 10 heavy (non-hydrogen) atoms. The van der Waals surface area contributed by atoms with Crippen LogP contribution >= 0.6 is 0 Å². The van der Waals surface area contributed by atoms with Crippen LogP contribution in [-0.4, -0.2) is 21.1 Å². The van der Waals surface area contributed by atoms with Crippen LogP contribution in [-0.2, 0) is 0 Å². The van der Waals surface area contributed by atoms with Crippen molar-refractivity contribution < 1.29 is 4.79 Å². The number of hydrogen-bond donors (Lipinski definition) is 1. The van der Waals surface area contributed by atoms with Gasteiger partial charge < -0.3 is 5.73 Å². The van der Waals surface area contributed by atoms with Crippen LogP contribution in [0.1, 0.15) is 10.4 Å². The zero-order chi connectivity index (χ0) is 7.56. The van der Waals surface area contributed by atoms with E-state index in [1.807, 2.05) is 0 Å². The lowest BCUT2D eigenvalue weighted by Crippen LogP contribution is -2.23. The Hall–Kier alpha value is -1.16. The first-order valence-electron chi connectivity index (χ1n) is 2.68. The molecule has 3 radical (unpaired) electrons. The fraction of sp³-hybridized carbons (Fsp3) is 0. The Morgan fingerprint density at radius 2 is 2.40 bits per heavy atom. The van der Waals surface area contributed by atoms with Crippen molar-refractivity contribution >= 4 is 21.5 Å². The minimum atomic E-state index is -0.474. The summed E-state index contributed by atoms with van der Waals surface area (Å²) in [4.78, 5) is 14.4. The Kier molecular flexibility index (Phi) is 1.82. The van der Waals surface area contributed by atoms with Crippen molar-refractivity contribution in [2.45, 2.75) is 0 Å². The third kappa shape index (κ3) is 1.22. The van der Waals surface area contributed by atoms with Gasteiger partial charge in [0.1, 0.15) is 10.2 Å². The zero-order valence-electron chi connectivity index (χ0n) is 5.16. The van der Waals surface area contributed by atoms with E-state index in [2.05, 4.69) is 15.2 Å². The molecule has 0 aliphatic rings. The van der Waals surface area contributed by atoms with Gasteiger partial charge in [-0.1, -0.05) is 0 Å². The van der Waals surface area contributed by atoms with Crippen LogP contribution in [0.5, 0.6) is 0 Å². The number of primary amides is 1. The molecule has 0 bridgehead atoms. The monoisotopic (exact) mass is 149 g/mol. The van der Waals surface area contributed by atoms with E-state index in [-0.39, 0.29) is 0 Å². The Balaban J connectivity index is 3.15. The molecular formula is C6H5N2OSi. The van der Waals surface area contributed by atoms with Gasteiger partial charge in [0.05, 0.1) is 5.56 Å². The molecule has 4 heteroatoms. The van der Waals surface area contributed by atoms with E-state index >= 15 is 0 Å². The lowest BCUT2D eigenvalue weighted by molar-refractivity contribution is 0.100. The number of carbonyl (C=O) groups is 1. The SMILES string of the molecule is NC(=O)c1cccnc1[Si]. The fourth-order valence-electron chi connectivity index (χ4n) is 0.604. The number of rotatable bonds is 1. The maximum atomic E-state index is 10.6. The third-order valence-electron chi connectivity index (χ3n) is 1.07. The van der Waals surface area contributed by atoms with Gasteiger partial charge in [-0.05, 0) is 12.1 Å². The highest BCUT2D eigenvalue weighted by atomic mass is 28.1. The van der Waals surface area contributed by atoms with Crippen molar-refractivity contribution in [3.05, 3.63) is 23.9 Å². The highest BCUT2D eigenvalue weighted by Crippen LogP contribution is 1.88. The summed E-state index contributed by atoms with van der Waals surface area (Å²) in [7, 11) is 3.13. The maximum absolute atomic E-state index is 10.6. The number of aromatic nitrogens is 1. The smallest absolute Gasteiger partial charge is 0.250 e. The molecule has 0 aromatic carbocycles. The Morgan fingerprint density at radius 3 is 2.80 bits per heavy atom.